The third kappa shape index (κ3) is 6.24. The van der Waals surface area contributed by atoms with Gasteiger partial charge in [-0.05, 0) is 48.7 Å². The van der Waals surface area contributed by atoms with Crippen LogP contribution in [0.25, 0.3) is 6.08 Å². The van der Waals surface area contributed by atoms with E-state index in [1.165, 1.54) is 23.9 Å². The summed E-state index contributed by atoms with van der Waals surface area (Å²) in [5.74, 6) is -0.462. The van der Waals surface area contributed by atoms with Crippen LogP contribution >= 0.6 is 0 Å². The first-order valence-corrected chi connectivity index (χ1v) is 8.13. The molecule has 0 fully saturated rings. The molecule has 2 aromatic rings. The number of hydrogen-bond donors (Lipinski definition) is 1. The number of benzene rings is 2. The fourth-order valence-corrected chi connectivity index (χ4v) is 2.34. The van der Waals surface area contributed by atoms with Crippen molar-refractivity contribution in [1.82, 2.24) is 5.32 Å². The molecule has 24 heavy (non-hydrogen) atoms. The van der Waals surface area contributed by atoms with Gasteiger partial charge in [-0.25, -0.2) is 4.39 Å². The first-order valence-electron chi connectivity index (χ1n) is 8.13. The van der Waals surface area contributed by atoms with Gasteiger partial charge in [-0.1, -0.05) is 30.3 Å². The first-order chi connectivity index (χ1) is 11.6. The lowest BCUT2D eigenvalue weighted by Gasteiger charge is -2.18. The van der Waals surface area contributed by atoms with Gasteiger partial charge >= 0.3 is 0 Å². The zero-order valence-electron chi connectivity index (χ0n) is 13.9. The second kappa shape index (κ2) is 9.50. The summed E-state index contributed by atoms with van der Waals surface area (Å²) >= 11 is 0. The molecule has 0 bridgehead atoms. The van der Waals surface area contributed by atoms with Gasteiger partial charge in [0.25, 0.3) is 0 Å². The number of carbonyl (C=O) groups is 1. The SMILES string of the molecule is CN(CCCCNC(=O)/C=C/c1cccc(F)c1)c1ccccc1. The Kier molecular flexibility index (Phi) is 7.02. The standard InChI is InChI=1S/C20H23FN2O/c1-23(19-10-3-2-4-11-19)15-6-5-14-22-20(24)13-12-17-8-7-9-18(21)16-17/h2-4,7-13,16H,5-6,14-15H2,1H3,(H,22,24)/b13-12+. The number of hydrogen-bond acceptors (Lipinski definition) is 2. The van der Waals surface area contributed by atoms with Gasteiger partial charge in [-0.3, -0.25) is 4.79 Å². The Morgan fingerprint density at radius 2 is 1.92 bits per heavy atom. The van der Waals surface area contributed by atoms with Gasteiger partial charge in [0.05, 0.1) is 0 Å². The molecule has 0 saturated heterocycles. The van der Waals surface area contributed by atoms with Crippen LogP contribution in [0.1, 0.15) is 18.4 Å². The van der Waals surface area contributed by atoms with Crippen LogP contribution in [-0.4, -0.2) is 26.0 Å². The van der Waals surface area contributed by atoms with Crippen molar-refractivity contribution < 1.29 is 9.18 Å². The fourth-order valence-electron chi connectivity index (χ4n) is 2.34. The highest BCUT2D eigenvalue weighted by Gasteiger charge is 2.00. The van der Waals surface area contributed by atoms with Crippen molar-refractivity contribution in [2.24, 2.45) is 0 Å². The predicted molar refractivity (Wildman–Crippen MR) is 97.4 cm³/mol. The predicted octanol–water partition coefficient (Wildman–Crippen LogP) is 3.87. The summed E-state index contributed by atoms with van der Waals surface area (Å²) in [5, 5.41) is 2.84. The van der Waals surface area contributed by atoms with Crippen molar-refractivity contribution in [3.05, 3.63) is 72.1 Å². The molecular weight excluding hydrogens is 303 g/mol. The Hall–Kier alpha value is -2.62. The normalized spacial score (nSPS) is 10.8. The van der Waals surface area contributed by atoms with Crippen LogP contribution in [0.2, 0.25) is 0 Å². The van der Waals surface area contributed by atoms with Crippen LogP contribution in [0, 0.1) is 5.82 Å². The van der Waals surface area contributed by atoms with Crippen LogP contribution in [0.3, 0.4) is 0 Å². The number of para-hydroxylation sites is 1. The highest BCUT2D eigenvalue weighted by Crippen LogP contribution is 2.11. The second-order valence-electron chi connectivity index (χ2n) is 5.64. The minimum Gasteiger partial charge on any atom is -0.375 e. The molecule has 0 radical (unpaired) electrons. The number of carbonyl (C=O) groups excluding carboxylic acids is 1. The summed E-state index contributed by atoms with van der Waals surface area (Å²) in [7, 11) is 2.07. The number of nitrogens with zero attached hydrogens (tertiary/aromatic N) is 1. The fraction of sp³-hybridized carbons (Fsp3) is 0.250. The van der Waals surface area contributed by atoms with Gasteiger partial charge in [-0.15, -0.1) is 0 Å². The zero-order valence-corrected chi connectivity index (χ0v) is 13.9. The number of unbranched alkanes of at least 4 members (excludes halogenated alkanes) is 1. The molecule has 2 aromatic carbocycles. The molecule has 0 atom stereocenters. The maximum atomic E-state index is 13.0. The molecule has 0 unspecified atom stereocenters. The molecule has 2 rings (SSSR count). The molecule has 3 nitrogen and oxygen atoms in total. The van der Waals surface area contributed by atoms with E-state index < -0.39 is 0 Å². The number of halogens is 1. The number of nitrogens with one attached hydrogen (secondary N) is 1. The Morgan fingerprint density at radius 1 is 1.12 bits per heavy atom. The average Bonchev–Trinajstić information content (AvgIpc) is 2.60. The average molecular weight is 326 g/mol. The Labute approximate surface area is 142 Å². The van der Waals surface area contributed by atoms with E-state index >= 15 is 0 Å². The van der Waals surface area contributed by atoms with Gasteiger partial charge in [-0.2, -0.15) is 0 Å². The molecule has 0 aliphatic rings. The van der Waals surface area contributed by atoms with Crippen molar-refractivity contribution >= 4 is 17.7 Å². The van der Waals surface area contributed by atoms with Gasteiger partial charge in [0.15, 0.2) is 0 Å². The van der Waals surface area contributed by atoms with E-state index in [2.05, 4.69) is 29.4 Å². The molecule has 0 aromatic heterocycles. The van der Waals surface area contributed by atoms with E-state index in [0.717, 1.165) is 19.4 Å². The maximum Gasteiger partial charge on any atom is 0.243 e. The summed E-state index contributed by atoms with van der Waals surface area (Å²) in [6, 6.07) is 16.4. The lowest BCUT2D eigenvalue weighted by Crippen LogP contribution is -2.24. The third-order valence-corrected chi connectivity index (χ3v) is 3.69. The van der Waals surface area contributed by atoms with Crippen molar-refractivity contribution in [2.75, 3.05) is 25.0 Å². The molecule has 1 amide bonds. The van der Waals surface area contributed by atoms with E-state index in [1.807, 2.05) is 18.2 Å². The molecule has 0 saturated carbocycles. The van der Waals surface area contributed by atoms with Crippen molar-refractivity contribution in [3.63, 3.8) is 0 Å². The lowest BCUT2D eigenvalue weighted by atomic mass is 10.2. The summed E-state index contributed by atoms with van der Waals surface area (Å²) in [5.41, 5.74) is 1.87. The van der Waals surface area contributed by atoms with Crippen LogP contribution in [0.5, 0.6) is 0 Å². The monoisotopic (exact) mass is 326 g/mol. The Morgan fingerprint density at radius 3 is 2.67 bits per heavy atom. The minimum atomic E-state index is -0.305. The molecular formula is C20H23FN2O. The molecule has 126 valence electrons. The van der Waals surface area contributed by atoms with Crippen molar-refractivity contribution in [1.29, 1.82) is 0 Å². The lowest BCUT2D eigenvalue weighted by molar-refractivity contribution is -0.116. The highest BCUT2D eigenvalue weighted by atomic mass is 19.1. The van der Waals surface area contributed by atoms with Gasteiger partial charge in [0.1, 0.15) is 5.82 Å². The van der Waals surface area contributed by atoms with E-state index in [-0.39, 0.29) is 11.7 Å². The number of amides is 1. The summed E-state index contributed by atoms with van der Waals surface area (Å²) in [4.78, 5) is 13.9. The van der Waals surface area contributed by atoms with Crippen LogP contribution in [-0.2, 0) is 4.79 Å². The molecule has 1 N–H and O–H groups in total. The molecule has 0 spiro atoms. The second-order valence-corrected chi connectivity index (χ2v) is 5.64. The highest BCUT2D eigenvalue weighted by molar-refractivity contribution is 5.91. The van der Waals surface area contributed by atoms with E-state index in [0.29, 0.717) is 12.1 Å². The van der Waals surface area contributed by atoms with Crippen LogP contribution < -0.4 is 10.2 Å². The smallest absolute Gasteiger partial charge is 0.243 e. The van der Waals surface area contributed by atoms with Crippen molar-refractivity contribution in [3.8, 4) is 0 Å². The molecule has 0 aliphatic carbocycles. The van der Waals surface area contributed by atoms with Crippen LogP contribution in [0.15, 0.2) is 60.7 Å². The largest absolute Gasteiger partial charge is 0.375 e. The summed E-state index contributed by atoms with van der Waals surface area (Å²) in [6.45, 7) is 1.58. The first kappa shape index (κ1) is 17.7. The van der Waals surface area contributed by atoms with E-state index in [4.69, 9.17) is 0 Å². The summed E-state index contributed by atoms with van der Waals surface area (Å²) in [6.07, 6.45) is 4.96. The van der Waals surface area contributed by atoms with E-state index in [1.54, 1.807) is 18.2 Å². The van der Waals surface area contributed by atoms with E-state index in [9.17, 15) is 9.18 Å². The molecule has 4 heteroatoms. The Bertz CT molecular complexity index is 670. The third-order valence-electron chi connectivity index (χ3n) is 3.69. The minimum absolute atomic E-state index is 0.157. The van der Waals surface area contributed by atoms with Crippen molar-refractivity contribution in [2.45, 2.75) is 12.8 Å². The maximum absolute atomic E-state index is 13.0. The topological polar surface area (TPSA) is 32.3 Å². The van der Waals surface area contributed by atoms with Crippen LogP contribution in [0.4, 0.5) is 10.1 Å². The zero-order chi connectivity index (χ0) is 17.2. The van der Waals surface area contributed by atoms with Gasteiger partial charge in [0, 0.05) is 31.9 Å². The summed E-state index contributed by atoms with van der Waals surface area (Å²) < 4.78 is 13.0. The van der Waals surface area contributed by atoms with Gasteiger partial charge < -0.3 is 10.2 Å². The van der Waals surface area contributed by atoms with Gasteiger partial charge in [0.2, 0.25) is 5.91 Å². The quantitative estimate of drug-likeness (QED) is 0.590. The molecule has 0 aliphatic heterocycles. The number of rotatable bonds is 8. The number of anilines is 1. The Balaban J connectivity index is 1.62. The molecule has 0 heterocycles.